The zero-order valence-corrected chi connectivity index (χ0v) is 14.1. The predicted octanol–water partition coefficient (Wildman–Crippen LogP) is 2.32. The minimum absolute atomic E-state index is 0.144. The number of carbonyl (C=O) groups excluding carboxylic acids is 2. The highest BCUT2D eigenvalue weighted by Crippen LogP contribution is 2.18. The molecule has 1 aromatic rings. The van der Waals surface area contributed by atoms with Gasteiger partial charge in [-0.3, -0.25) is 5.73 Å². The fraction of sp³-hybridized carbons (Fsp3) is 0.438. The number of rotatable bonds is 4. The number of carboxylic acids is 1. The molecule has 1 aromatic carbocycles. The predicted molar refractivity (Wildman–Crippen MR) is 84.9 cm³/mol. The normalized spacial score (nSPS) is 13.5. The first kappa shape index (κ1) is 19.4. The molecule has 0 aliphatic rings. The molecule has 0 aromatic heterocycles. The summed E-state index contributed by atoms with van der Waals surface area (Å²) in [6.07, 6.45) is -2.41. The highest BCUT2D eigenvalue weighted by atomic mass is 16.6. The molecule has 0 bridgehead atoms. The first-order valence-electron chi connectivity index (χ1n) is 7.21. The van der Waals surface area contributed by atoms with E-state index in [1.165, 1.54) is 0 Å². The van der Waals surface area contributed by atoms with Gasteiger partial charge in [0.25, 0.3) is 0 Å². The maximum atomic E-state index is 12.3. The summed E-state index contributed by atoms with van der Waals surface area (Å²) in [5.41, 5.74) is 3.02. The average Bonchev–Trinajstić information content (AvgIpc) is 2.44. The van der Waals surface area contributed by atoms with Crippen molar-refractivity contribution in [2.24, 2.45) is 5.73 Å². The molecule has 0 aliphatic heterocycles. The Balaban J connectivity index is 2.97. The van der Waals surface area contributed by atoms with Crippen LogP contribution >= 0.6 is 0 Å². The molecule has 1 rings (SSSR count). The van der Waals surface area contributed by atoms with Gasteiger partial charge in [-0.1, -0.05) is 30.3 Å². The van der Waals surface area contributed by atoms with Crippen LogP contribution in [0.5, 0.6) is 0 Å². The van der Waals surface area contributed by atoms with Gasteiger partial charge in [-0.2, -0.15) is 4.90 Å². The van der Waals surface area contributed by atoms with E-state index in [1.54, 1.807) is 51.1 Å². The number of hydrogen-bond acceptors (Lipinski definition) is 6. The lowest BCUT2D eigenvalue weighted by molar-refractivity contribution is -0.149. The van der Waals surface area contributed by atoms with Crippen molar-refractivity contribution in [1.82, 2.24) is 4.90 Å². The van der Waals surface area contributed by atoms with Gasteiger partial charge in [0, 0.05) is 0 Å². The van der Waals surface area contributed by atoms with Gasteiger partial charge in [-0.15, -0.1) is 0 Å². The first-order chi connectivity index (χ1) is 10.9. The molecule has 24 heavy (non-hydrogen) atoms. The molecule has 1 unspecified atom stereocenters. The molecule has 132 valence electrons. The fourth-order valence-corrected chi connectivity index (χ4v) is 1.64. The second-order valence-corrected chi connectivity index (χ2v) is 6.31. The van der Waals surface area contributed by atoms with Crippen molar-refractivity contribution in [2.45, 2.75) is 45.6 Å². The summed E-state index contributed by atoms with van der Waals surface area (Å²) in [5, 5.41) is 9.21. The number of imide groups is 1. The lowest BCUT2D eigenvalue weighted by Gasteiger charge is -2.33. The lowest BCUT2D eigenvalue weighted by Crippen LogP contribution is -2.64. The summed E-state index contributed by atoms with van der Waals surface area (Å²) in [4.78, 5) is 36.1. The number of hydrogen-bond donors (Lipinski definition) is 2. The second-order valence-electron chi connectivity index (χ2n) is 6.31. The summed E-state index contributed by atoms with van der Waals surface area (Å²) in [7, 11) is 0. The first-order valence-corrected chi connectivity index (χ1v) is 7.21. The van der Waals surface area contributed by atoms with Crippen molar-refractivity contribution in [3.8, 4) is 0 Å². The van der Waals surface area contributed by atoms with Gasteiger partial charge in [-0.25, -0.2) is 14.4 Å². The number of nitrogens with two attached hydrogens (primary N) is 1. The standard InChI is InChI=1S/C16H22N2O6/c1-15(2,3)24-14(22)18(16(4,17)12(19)20)13(21)23-10-11-8-6-5-7-9-11/h5-9H,10,17H2,1-4H3,(H,19,20). The van der Waals surface area contributed by atoms with Gasteiger partial charge < -0.3 is 14.6 Å². The number of nitrogens with zero attached hydrogens (tertiary/aromatic N) is 1. The van der Waals surface area contributed by atoms with E-state index in [2.05, 4.69) is 0 Å². The van der Waals surface area contributed by atoms with Crippen molar-refractivity contribution in [3.63, 3.8) is 0 Å². The third-order valence-corrected chi connectivity index (χ3v) is 2.86. The van der Waals surface area contributed by atoms with Crippen LogP contribution in [0.1, 0.15) is 33.3 Å². The number of aliphatic carboxylic acids is 1. The van der Waals surface area contributed by atoms with Crippen molar-refractivity contribution >= 4 is 18.2 Å². The molecule has 1 atom stereocenters. The third-order valence-electron chi connectivity index (χ3n) is 2.86. The Bertz CT molecular complexity index is 607. The Kier molecular flexibility index (Phi) is 5.92. The molecule has 0 saturated carbocycles. The number of benzene rings is 1. The SMILES string of the molecule is CC(C)(C)OC(=O)N(C(=O)OCc1ccccc1)C(C)(N)C(=O)O. The molecule has 0 radical (unpaired) electrons. The molecular weight excluding hydrogens is 316 g/mol. The van der Waals surface area contributed by atoms with E-state index in [-0.39, 0.29) is 11.5 Å². The maximum Gasteiger partial charge on any atom is 0.421 e. The molecule has 8 nitrogen and oxygen atoms in total. The monoisotopic (exact) mass is 338 g/mol. The van der Waals surface area contributed by atoms with Crippen molar-refractivity contribution in [2.75, 3.05) is 0 Å². The van der Waals surface area contributed by atoms with Crippen molar-refractivity contribution in [3.05, 3.63) is 35.9 Å². The fourth-order valence-electron chi connectivity index (χ4n) is 1.64. The van der Waals surface area contributed by atoms with Crippen LogP contribution in [-0.2, 0) is 20.9 Å². The van der Waals surface area contributed by atoms with Gasteiger partial charge in [-0.05, 0) is 33.3 Å². The van der Waals surface area contributed by atoms with E-state index in [1.807, 2.05) is 0 Å². The van der Waals surface area contributed by atoms with E-state index in [0.29, 0.717) is 5.56 Å². The van der Waals surface area contributed by atoms with E-state index < -0.39 is 29.4 Å². The second kappa shape index (κ2) is 7.31. The molecule has 0 spiro atoms. The van der Waals surface area contributed by atoms with E-state index in [9.17, 15) is 19.5 Å². The number of carbonyl (C=O) groups is 3. The Hall–Kier alpha value is -2.61. The van der Waals surface area contributed by atoms with Crippen LogP contribution in [0.15, 0.2) is 30.3 Å². The van der Waals surface area contributed by atoms with Crippen molar-refractivity contribution < 1.29 is 29.0 Å². The van der Waals surface area contributed by atoms with Gasteiger partial charge in [0.1, 0.15) is 12.2 Å². The van der Waals surface area contributed by atoms with Crippen LogP contribution in [0.4, 0.5) is 9.59 Å². The van der Waals surface area contributed by atoms with Gasteiger partial charge in [0.2, 0.25) is 5.66 Å². The average molecular weight is 338 g/mol. The quantitative estimate of drug-likeness (QED) is 0.808. The highest BCUT2D eigenvalue weighted by molar-refractivity contribution is 5.95. The molecule has 0 aliphatic carbocycles. The third kappa shape index (κ3) is 5.24. The summed E-state index contributed by atoms with van der Waals surface area (Å²) in [6, 6.07) is 8.71. The van der Waals surface area contributed by atoms with Gasteiger partial charge >= 0.3 is 18.2 Å². The number of amides is 2. The molecule has 0 fully saturated rings. The minimum atomic E-state index is -2.32. The zero-order chi connectivity index (χ0) is 18.5. The molecular formula is C16H22N2O6. The molecule has 8 heteroatoms. The Morgan fingerprint density at radius 2 is 1.62 bits per heavy atom. The molecule has 0 heterocycles. The summed E-state index contributed by atoms with van der Waals surface area (Å²) < 4.78 is 10.1. The summed E-state index contributed by atoms with van der Waals surface area (Å²) in [5.74, 6) is -1.58. The Morgan fingerprint density at radius 1 is 1.08 bits per heavy atom. The summed E-state index contributed by atoms with van der Waals surface area (Å²) >= 11 is 0. The van der Waals surface area contributed by atoms with E-state index in [0.717, 1.165) is 6.92 Å². The molecule has 3 N–H and O–H groups in total. The Morgan fingerprint density at radius 3 is 2.08 bits per heavy atom. The van der Waals surface area contributed by atoms with E-state index in [4.69, 9.17) is 15.2 Å². The van der Waals surface area contributed by atoms with Gasteiger partial charge in [0.05, 0.1) is 0 Å². The van der Waals surface area contributed by atoms with Crippen LogP contribution in [0.2, 0.25) is 0 Å². The minimum Gasteiger partial charge on any atom is -0.478 e. The van der Waals surface area contributed by atoms with Crippen molar-refractivity contribution in [1.29, 1.82) is 0 Å². The maximum absolute atomic E-state index is 12.3. The lowest BCUT2D eigenvalue weighted by atomic mass is 10.2. The topological polar surface area (TPSA) is 119 Å². The van der Waals surface area contributed by atoms with Crippen LogP contribution < -0.4 is 5.73 Å². The Labute approximate surface area is 140 Å². The van der Waals surface area contributed by atoms with Crippen LogP contribution in [0.25, 0.3) is 0 Å². The highest BCUT2D eigenvalue weighted by Gasteiger charge is 2.46. The summed E-state index contributed by atoms with van der Waals surface area (Å²) in [6.45, 7) is 5.59. The van der Waals surface area contributed by atoms with Crippen LogP contribution in [0, 0.1) is 0 Å². The van der Waals surface area contributed by atoms with Gasteiger partial charge in [0.15, 0.2) is 0 Å². The van der Waals surface area contributed by atoms with Crippen LogP contribution in [-0.4, -0.2) is 39.4 Å². The smallest absolute Gasteiger partial charge is 0.421 e. The van der Waals surface area contributed by atoms with E-state index >= 15 is 0 Å². The molecule has 2 amide bonds. The zero-order valence-electron chi connectivity index (χ0n) is 14.1. The number of ether oxygens (including phenoxy) is 2. The molecule has 0 saturated heterocycles. The largest absolute Gasteiger partial charge is 0.478 e. The van der Waals surface area contributed by atoms with Crippen LogP contribution in [0.3, 0.4) is 0 Å². The number of carboxylic acid groups (broad SMARTS) is 1.